The van der Waals surface area contributed by atoms with E-state index in [0.717, 1.165) is 13.1 Å². The first-order valence-corrected chi connectivity index (χ1v) is 7.76. The highest BCUT2D eigenvalue weighted by atomic mass is 32.2. The number of aryl methyl sites for hydroxylation is 1. The number of imidazole rings is 1. The Bertz CT molecular complexity index is 331. The fourth-order valence-corrected chi connectivity index (χ4v) is 3.82. The van der Waals surface area contributed by atoms with E-state index in [2.05, 4.69) is 46.7 Å². The predicted molar refractivity (Wildman–Crippen MR) is 74.4 cm³/mol. The quantitative estimate of drug-likeness (QED) is 0.875. The summed E-state index contributed by atoms with van der Waals surface area (Å²) in [7, 11) is 0. The number of nitrogens with zero attached hydrogens (tertiary/aromatic N) is 2. The van der Waals surface area contributed by atoms with Gasteiger partial charge in [0, 0.05) is 18.0 Å². The predicted octanol–water partition coefficient (Wildman–Crippen LogP) is 2.84. The number of hydrogen-bond donors (Lipinski definition) is 1. The first-order chi connectivity index (χ1) is 8.35. The van der Waals surface area contributed by atoms with Gasteiger partial charge in [0.05, 0.1) is 18.1 Å². The summed E-state index contributed by atoms with van der Waals surface area (Å²) in [6.45, 7) is 6.35. The Morgan fingerprint density at radius 3 is 3.00 bits per heavy atom. The molecule has 1 aliphatic heterocycles. The standard InChI is InChI=1S/C13H23N3S/c1-3-14-13(12-7-5-6-8-17-12)11-9-16(4-2)10-15-11/h9-10,12-14H,3-8H2,1-2H3. The Labute approximate surface area is 108 Å². The molecule has 1 fully saturated rings. The molecule has 17 heavy (non-hydrogen) atoms. The van der Waals surface area contributed by atoms with Crippen molar-refractivity contribution in [3.8, 4) is 0 Å². The zero-order valence-corrected chi connectivity index (χ0v) is 11.7. The molecule has 0 saturated carbocycles. The molecule has 4 heteroatoms. The van der Waals surface area contributed by atoms with E-state index < -0.39 is 0 Å². The number of rotatable bonds is 5. The van der Waals surface area contributed by atoms with E-state index in [0.29, 0.717) is 11.3 Å². The van der Waals surface area contributed by atoms with Crippen LogP contribution >= 0.6 is 11.8 Å². The minimum atomic E-state index is 0.429. The Balaban J connectivity index is 2.09. The van der Waals surface area contributed by atoms with Crippen LogP contribution in [0.25, 0.3) is 0 Å². The molecular weight excluding hydrogens is 230 g/mol. The van der Waals surface area contributed by atoms with E-state index in [4.69, 9.17) is 0 Å². The second-order valence-electron chi connectivity index (χ2n) is 4.57. The molecule has 0 spiro atoms. The van der Waals surface area contributed by atoms with E-state index in [-0.39, 0.29) is 0 Å². The summed E-state index contributed by atoms with van der Waals surface area (Å²) < 4.78 is 2.16. The molecule has 2 rings (SSSR count). The lowest BCUT2D eigenvalue weighted by molar-refractivity contribution is 0.483. The average molecular weight is 253 g/mol. The van der Waals surface area contributed by atoms with Gasteiger partial charge in [-0.3, -0.25) is 0 Å². The molecule has 0 radical (unpaired) electrons. The molecular formula is C13H23N3S. The zero-order valence-electron chi connectivity index (χ0n) is 10.9. The first kappa shape index (κ1) is 13.0. The minimum absolute atomic E-state index is 0.429. The first-order valence-electron chi connectivity index (χ1n) is 6.71. The van der Waals surface area contributed by atoms with Crippen LogP contribution in [0.4, 0.5) is 0 Å². The van der Waals surface area contributed by atoms with Crippen LogP contribution < -0.4 is 5.32 Å². The Hall–Kier alpha value is -0.480. The monoisotopic (exact) mass is 253 g/mol. The van der Waals surface area contributed by atoms with Gasteiger partial charge in [0.15, 0.2) is 0 Å². The summed E-state index contributed by atoms with van der Waals surface area (Å²) in [5.41, 5.74) is 1.22. The molecule has 0 aromatic carbocycles. The maximum atomic E-state index is 4.57. The van der Waals surface area contributed by atoms with E-state index in [1.54, 1.807) is 0 Å². The van der Waals surface area contributed by atoms with E-state index in [9.17, 15) is 0 Å². The molecule has 0 aliphatic carbocycles. The third-order valence-corrected chi connectivity index (χ3v) is 4.81. The van der Waals surface area contributed by atoms with Gasteiger partial charge in [-0.15, -0.1) is 0 Å². The maximum absolute atomic E-state index is 4.57. The van der Waals surface area contributed by atoms with Crippen molar-refractivity contribution in [1.82, 2.24) is 14.9 Å². The molecule has 2 atom stereocenters. The highest BCUT2D eigenvalue weighted by Crippen LogP contribution is 2.34. The molecule has 1 N–H and O–H groups in total. The molecule has 0 bridgehead atoms. The molecule has 1 aliphatic rings. The maximum Gasteiger partial charge on any atom is 0.0950 e. The largest absolute Gasteiger partial charge is 0.337 e. The van der Waals surface area contributed by atoms with E-state index in [1.807, 2.05) is 6.33 Å². The van der Waals surface area contributed by atoms with Crippen molar-refractivity contribution >= 4 is 11.8 Å². The van der Waals surface area contributed by atoms with Crippen LogP contribution in [0.5, 0.6) is 0 Å². The fraction of sp³-hybridized carbons (Fsp3) is 0.769. The van der Waals surface area contributed by atoms with Gasteiger partial charge >= 0.3 is 0 Å². The van der Waals surface area contributed by atoms with E-state index >= 15 is 0 Å². The summed E-state index contributed by atoms with van der Waals surface area (Å²) in [5.74, 6) is 1.31. The van der Waals surface area contributed by atoms with Gasteiger partial charge in [0.1, 0.15) is 0 Å². The van der Waals surface area contributed by atoms with Gasteiger partial charge in [0.25, 0.3) is 0 Å². The second kappa shape index (κ2) is 6.45. The number of thioether (sulfide) groups is 1. The molecule has 0 amide bonds. The topological polar surface area (TPSA) is 29.9 Å². The van der Waals surface area contributed by atoms with Crippen LogP contribution in [0.1, 0.15) is 44.8 Å². The van der Waals surface area contributed by atoms with Crippen molar-refractivity contribution < 1.29 is 0 Å². The van der Waals surface area contributed by atoms with Crippen LogP contribution in [-0.4, -0.2) is 27.1 Å². The van der Waals surface area contributed by atoms with Crippen LogP contribution in [0.3, 0.4) is 0 Å². The lowest BCUT2D eigenvalue weighted by Crippen LogP contribution is -2.32. The normalized spacial score (nSPS) is 22.6. The van der Waals surface area contributed by atoms with Crippen LogP contribution in [0.2, 0.25) is 0 Å². The van der Waals surface area contributed by atoms with Crippen molar-refractivity contribution in [2.45, 2.75) is 50.9 Å². The summed E-state index contributed by atoms with van der Waals surface area (Å²) in [6.07, 6.45) is 8.22. The van der Waals surface area contributed by atoms with Gasteiger partial charge in [-0.2, -0.15) is 11.8 Å². The average Bonchev–Trinajstić information content (AvgIpc) is 2.85. The molecule has 1 aromatic heterocycles. The smallest absolute Gasteiger partial charge is 0.0950 e. The summed E-state index contributed by atoms with van der Waals surface area (Å²) in [4.78, 5) is 4.57. The van der Waals surface area contributed by atoms with Crippen molar-refractivity contribution in [2.24, 2.45) is 0 Å². The van der Waals surface area contributed by atoms with Gasteiger partial charge in [-0.25, -0.2) is 4.98 Å². The minimum Gasteiger partial charge on any atom is -0.337 e. The molecule has 1 aromatic rings. The Morgan fingerprint density at radius 1 is 1.53 bits per heavy atom. The molecule has 96 valence electrons. The van der Waals surface area contributed by atoms with Crippen molar-refractivity contribution in [3.05, 3.63) is 18.2 Å². The number of aromatic nitrogens is 2. The SMILES string of the molecule is CCNC(c1cn(CC)cn1)C1CCCCS1. The summed E-state index contributed by atoms with van der Waals surface area (Å²) in [6, 6.07) is 0.429. The zero-order chi connectivity index (χ0) is 12.1. The lowest BCUT2D eigenvalue weighted by Gasteiger charge is -2.29. The van der Waals surface area contributed by atoms with Gasteiger partial charge < -0.3 is 9.88 Å². The molecule has 2 unspecified atom stereocenters. The molecule has 1 saturated heterocycles. The number of hydrogen-bond acceptors (Lipinski definition) is 3. The van der Waals surface area contributed by atoms with Crippen LogP contribution in [-0.2, 0) is 6.54 Å². The molecule has 2 heterocycles. The molecule has 3 nitrogen and oxygen atoms in total. The Morgan fingerprint density at radius 2 is 2.41 bits per heavy atom. The Kier molecular flexibility index (Phi) is 4.92. The van der Waals surface area contributed by atoms with Crippen molar-refractivity contribution in [1.29, 1.82) is 0 Å². The van der Waals surface area contributed by atoms with Crippen LogP contribution in [0.15, 0.2) is 12.5 Å². The van der Waals surface area contributed by atoms with E-state index in [1.165, 1.54) is 30.7 Å². The van der Waals surface area contributed by atoms with Crippen LogP contribution in [0, 0.1) is 0 Å². The highest BCUT2D eigenvalue weighted by molar-refractivity contribution is 8.00. The highest BCUT2D eigenvalue weighted by Gasteiger charge is 2.26. The van der Waals surface area contributed by atoms with Gasteiger partial charge in [0.2, 0.25) is 0 Å². The summed E-state index contributed by atoms with van der Waals surface area (Å²) in [5, 5.41) is 4.31. The fourth-order valence-electron chi connectivity index (χ4n) is 2.39. The second-order valence-corrected chi connectivity index (χ2v) is 5.92. The lowest BCUT2D eigenvalue weighted by atomic mass is 10.0. The number of nitrogens with one attached hydrogen (secondary N) is 1. The third kappa shape index (κ3) is 3.26. The van der Waals surface area contributed by atoms with Gasteiger partial charge in [-0.1, -0.05) is 13.3 Å². The summed E-state index contributed by atoms with van der Waals surface area (Å²) >= 11 is 2.11. The third-order valence-electron chi connectivity index (χ3n) is 3.35. The van der Waals surface area contributed by atoms with Crippen molar-refractivity contribution in [2.75, 3.05) is 12.3 Å². The van der Waals surface area contributed by atoms with Crippen molar-refractivity contribution in [3.63, 3.8) is 0 Å². The van der Waals surface area contributed by atoms with Gasteiger partial charge in [-0.05, 0) is 32.1 Å².